The lowest BCUT2D eigenvalue weighted by molar-refractivity contribution is 0.402. The van der Waals surface area contributed by atoms with Crippen LogP contribution in [0.25, 0.3) is 0 Å². The predicted molar refractivity (Wildman–Crippen MR) is 62.3 cm³/mol. The molecular weight excluding hydrogens is 240 g/mol. The third kappa shape index (κ3) is 2.00. The molecule has 1 aromatic rings. The largest absolute Gasteiger partial charge is 0.327 e. The lowest BCUT2D eigenvalue weighted by Gasteiger charge is -2.30. The summed E-state index contributed by atoms with van der Waals surface area (Å²) in [6, 6.07) is 8.63. The zero-order valence-corrected chi connectivity index (χ0v) is 9.63. The van der Waals surface area contributed by atoms with E-state index in [1.54, 1.807) is 0 Å². The van der Waals surface area contributed by atoms with Gasteiger partial charge in [-0.25, -0.2) is 0 Å². The zero-order valence-electron chi connectivity index (χ0n) is 8.04. The maximum absolute atomic E-state index is 6.12. The van der Waals surface area contributed by atoms with Crippen molar-refractivity contribution in [3.05, 3.63) is 34.3 Å². The summed E-state index contributed by atoms with van der Waals surface area (Å²) in [5.41, 5.74) is 7.45. The SMILES string of the molecule is NC1CCNCC1c1ccccc1Br. The molecule has 1 fully saturated rings. The molecule has 0 bridgehead atoms. The Bertz CT molecular complexity index is 314. The summed E-state index contributed by atoms with van der Waals surface area (Å²) in [5, 5.41) is 3.39. The van der Waals surface area contributed by atoms with Crippen LogP contribution in [0.15, 0.2) is 28.7 Å². The summed E-state index contributed by atoms with van der Waals surface area (Å²) in [4.78, 5) is 0. The number of rotatable bonds is 1. The highest BCUT2D eigenvalue weighted by molar-refractivity contribution is 9.10. The second-order valence-electron chi connectivity index (χ2n) is 3.78. The zero-order chi connectivity index (χ0) is 9.97. The summed E-state index contributed by atoms with van der Waals surface area (Å²) in [6.07, 6.45) is 1.06. The minimum absolute atomic E-state index is 0.287. The summed E-state index contributed by atoms with van der Waals surface area (Å²) in [6.45, 7) is 2.03. The first-order chi connectivity index (χ1) is 6.79. The van der Waals surface area contributed by atoms with Gasteiger partial charge in [0.25, 0.3) is 0 Å². The molecule has 0 saturated carbocycles. The quantitative estimate of drug-likeness (QED) is 0.803. The Morgan fingerprint density at radius 3 is 2.86 bits per heavy atom. The normalized spacial score (nSPS) is 27.6. The molecule has 0 amide bonds. The van der Waals surface area contributed by atoms with Gasteiger partial charge >= 0.3 is 0 Å². The number of hydrogen-bond acceptors (Lipinski definition) is 2. The van der Waals surface area contributed by atoms with E-state index in [0.29, 0.717) is 5.92 Å². The van der Waals surface area contributed by atoms with E-state index < -0.39 is 0 Å². The molecule has 2 nitrogen and oxygen atoms in total. The Morgan fingerprint density at radius 2 is 2.14 bits per heavy atom. The Morgan fingerprint density at radius 1 is 1.36 bits per heavy atom. The van der Waals surface area contributed by atoms with Crippen LogP contribution in [0.3, 0.4) is 0 Å². The maximum Gasteiger partial charge on any atom is 0.0211 e. The van der Waals surface area contributed by atoms with Gasteiger partial charge in [0.15, 0.2) is 0 Å². The summed E-state index contributed by atoms with van der Waals surface area (Å²) in [5.74, 6) is 0.444. The van der Waals surface area contributed by atoms with Crippen molar-refractivity contribution < 1.29 is 0 Å². The lowest BCUT2D eigenvalue weighted by Crippen LogP contribution is -2.43. The van der Waals surface area contributed by atoms with E-state index in [4.69, 9.17) is 5.73 Å². The van der Waals surface area contributed by atoms with Crippen molar-refractivity contribution in [3.63, 3.8) is 0 Å². The van der Waals surface area contributed by atoms with Crippen molar-refractivity contribution >= 4 is 15.9 Å². The number of nitrogens with one attached hydrogen (secondary N) is 1. The van der Waals surface area contributed by atoms with Gasteiger partial charge in [-0.1, -0.05) is 34.1 Å². The van der Waals surface area contributed by atoms with E-state index in [0.717, 1.165) is 19.5 Å². The van der Waals surface area contributed by atoms with E-state index in [-0.39, 0.29) is 6.04 Å². The van der Waals surface area contributed by atoms with Crippen LogP contribution >= 0.6 is 15.9 Å². The van der Waals surface area contributed by atoms with Gasteiger partial charge in [0.05, 0.1) is 0 Å². The molecule has 0 radical (unpaired) electrons. The van der Waals surface area contributed by atoms with Crippen molar-refractivity contribution in [1.82, 2.24) is 5.32 Å². The minimum atomic E-state index is 0.287. The van der Waals surface area contributed by atoms with Gasteiger partial charge in [-0.05, 0) is 24.6 Å². The number of piperidine rings is 1. The molecule has 1 aliphatic heterocycles. The second-order valence-corrected chi connectivity index (χ2v) is 4.64. The third-order valence-corrected chi connectivity index (χ3v) is 3.56. The number of hydrogen-bond donors (Lipinski definition) is 2. The first kappa shape index (κ1) is 10.1. The third-order valence-electron chi connectivity index (χ3n) is 2.84. The molecule has 14 heavy (non-hydrogen) atoms. The first-order valence-electron chi connectivity index (χ1n) is 5.00. The highest BCUT2D eigenvalue weighted by atomic mass is 79.9. The highest BCUT2D eigenvalue weighted by Gasteiger charge is 2.24. The van der Waals surface area contributed by atoms with E-state index in [9.17, 15) is 0 Å². The highest BCUT2D eigenvalue weighted by Crippen LogP contribution is 2.28. The Kier molecular flexibility index (Phi) is 3.21. The fraction of sp³-hybridized carbons (Fsp3) is 0.455. The van der Waals surface area contributed by atoms with E-state index in [2.05, 4.69) is 39.4 Å². The smallest absolute Gasteiger partial charge is 0.0211 e. The van der Waals surface area contributed by atoms with Crippen LogP contribution in [-0.4, -0.2) is 19.1 Å². The van der Waals surface area contributed by atoms with Crippen LogP contribution in [0.2, 0.25) is 0 Å². The average Bonchev–Trinajstić information content (AvgIpc) is 2.20. The first-order valence-corrected chi connectivity index (χ1v) is 5.79. The van der Waals surface area contributed by atoms with Crippen LogP contribution in [0.1, 0.15) is 17.9 Å². The van der Waals surface area contributed by atoms with Crippen LogP contribution in [0.5, 0.6) is 0 Å². The molecule has 1 saturated heterocycles. The van der Waals surface area contributed by atoms with Crippen molar-refractivity contribution in [2.75, 3.05) is 13.1 Å². The lowest BCUT2D eigenvalue weighted by atomic mass is 9.88. The number of benzene rings is 1. The molecule has 0 aromatic heterocycles. The molecule has 1 aliphatic rings. The molecule has 0 spiro atoms. The Labute approximate surface area is 93.0 Å². The second kappa shape index (κ2) is 4.43. The van der Waals surface area contributed by atoms with Gasteiger partial charge in [-0.2, -0.15) is 0 Å². The van der Waals surface area contributed by atoms with Gasteiger partial charge in [0, 0.05) is 23.0 Å². The predicted octanol–water partition coefficient (Wildman–Crippen LogP) is 1.85. The fourth-order valence-corrected chi connectivity index (χ4v) is 2.57. The van der Waals surface area contributed by atoms with E-state index in [1.807, 2.05) is 6.07 Å². The topological polar surface area (TPSA) is 38.0 Å². The van der Waals surface area contributed by atoms with Crippen LogP contribution in [-0.2, 0) is 0 Å². The van der Waals surface area contributed by atoms with Gasteiger partial charge in [0.1, 0.15) is 0 Å². The molecule has 2 rings (SSSR count). The standard InChI is InChI=1S/C11H15BrN2/c12-10-4-2-1-3-8(10)9-7-14-6-5-11(9)13/h1-4,9,11,14H,5-7,13H2. The van der Waals surface area contributed by atoms with Crippen molar-refractivity contribution in [1.29, 1.82) is 0 Å². The van der Waals surface area contributed by atoms with Crippen LogP contribution in [0.4, 0.5) is 0 Å². The molecule has 1 aromatic carbocycles. The van der Waals surface area contributed by atoms with Gasteiger partial charge in [0.2, 0.25) is 0 Å². The van der Waals surface area contributed by atoms with Crippen molar-refractivity contribution in [3.8, 4) is 0 Å². The van der Waals surface area contributed by atoms with Gasteiger partial charge < -0.3 is 11.1 Å². The van der Waals surface area contributed by atoms with Crippen molar-refractivity contribution in [2.45, 2.75) is 18.4 Å². The monoisotopic (exact) mass is 254 g/mol. The van der Waals surface area contributed by atoms with Gasteiger partial charge in [-0.15, -0.1) is 0 Å². The summed E-state index contributed by atoms with van der Waals surface area (Å²) in [7, 11) is 0. The minimum Gasteiger partial charge on any atom is -0.327 e. The fourth-order valence-electron chi connectivity index (χ4n) is 2.00. The molecule has 76 valence electrons. The number of nitrogens with two attached hydrogens (primary N) is 1. The van der Waals surface area contributed by atoms with Crippen molar-refractivity contribution in [2.24, 2.45) is 5.73 Å². The Balaban J connectivity index is 2.25. The summed E-state index contributed by atoms with van der Waals surface area (Å²) < 4.78 is 1.17. The van der Waals surface area contributed by atoms with Gasteiger partial charge in [-0.3, -0.25) is 0 Å². The molecule has 1 heterocycles. The molecular formula is C11H15BrN2. The maximum atomic E-state index is 6.12. The van der Waals surface area contributed by atoms with Crippen LogP contribution in [0, 0.1) is 0 Å². The Hall–Kier alpha value is -0.380. The van der Waals surface area contributed by atoms with Crippen LogP contribution < -0.4 is 11.1 Å². The molecule has 2 unspecified atom stereocenters. The van der Waals surface area contributed by atoms with E-state index in [1.165, 1.54) is 10.0 Å². The molecule has 3 N–H and O–H groups in total. The molecule has 3 heteroatoms. The molecule has 0 aliphatic carbocycles. The summed E-state index contributed by atoms with van der Waals surface area (Å²) >= 11 is 3.58. The average molecular weight is 255 g/mol. The number of halogens is 1. The molecule has 2 atom stereocenters. The van der Waals surface area contributed by atoms with E-state index >= 15 is 0 Å².